The van der Waals surface area contributed by atoms with Gasteiger partial charge >= 0.3 is 0 Å². The third-order valence-corrected chi connectivity index (χ3v) is 8.02. The van der Waals surface area contributed by atoms with Crippen LogP contribution in [-0.4, -0.2) is 16.0 Å². The molecule has 1 aliphatic rings. The Morgan fingerprint density at radius 2 is 1.68 bits per heavy atom. The number of hydrogen-bond acceptors (Lipinski definition) is 2. The highest BCUT2D eigenvalue weighted by Gasteiger charge is 2.67. The van der Waals surface area contributed by atoms with E-state index < -0.39 is 39.5 Å². The number of hydrogen-bond donors (Lipinski definition) is 1. The van der Waals surface area contributed by atoms with Gasteiger partial charge in [0.25, 0.3) is 0 Å². The zero-order chi connectivity index (χ0) is 24.8. The Kier molecular flexibility index (Phi) is 7.28. The first-order valence-corrected chi connectivity index (χ1v) is 12.2. The van der Waals surface area contributed by atoms with Gasteiger partial charge in [-0.1, -0.05) is 35.3 Å². The minimum atomic E-state index is -1.32. The highest BCUT2D eigenvalue weighted by Crippen LogP contribution is 2.65. The number of nitrogens with one attached hydrogen (secondary N) is 1. The third-order valence-electron chi connectivity index (χ3n) is 5.54. The summed E-state index contributed by atoms with van der Waals surface area (Å²) in [5.41, 5.74) is 1.15. The van der Waals surface area contributed by atoms with Gasteiger partial charge in [0.05, 0.1) is 16.0 Å². The van der Waals surface area contributed by atoms with Gasteiger partial charge in [0.15, 0.2) is 5.78 Å². The summed E-state index contributed by atoms with van der Waals surface area (Å²) in [6.45, 7) is 0. The summed E-state index contributed by atoms with van der Waals surface area (Å²) in [5.74, 6) is -3.71. The summed E-state index contributed by atoms with van der Waals surface area (Å²) in [6.07, 6.45) is -0.328. The average Bonchev–Trinajstić information content (AvgIpc) is 3.35. The van der Waals surface area contributed by atoms with Crippen molar-refractivity contribution in [2.24, 2.45) is 5.92 Å². The molecule has 0 heterocycles. The smallest absolute Gasteiger partial charge is 0.231 e. The van der Waals surface area contributed by atoms with Gasteiger partial charge in [0.1, 0.15) is 16.0 Å². The van der Waals surface area contributed by atoms with E-state index in [2.05, 4.69) is 21.2 Å². The summed E-state index contributed by atoms with van der Waals surface area (Å²) >= 11 is 28.4. The maximum Gasteiger partial charge on any atom is 0.231 e. The number of amides is 1. The Morgan fingerprint density at radius 3 is 2.35 bits per heavy atom. The van der Waals surface area contributed by atoms with Crippen LogP contribution in [0.5, 0.6) is 0 Å². The Balaban J connectivity index is 1.51. The number of rotatable bonds is 6. The van der Waals surface area contributed by atoms with Gasteiger partial charge in [0.2, 0.25) is 5.91 Å². The van der Waals surface area contributed by atoms with Crippen LogP contribution in [0.1, 0.15) is 27.4 Å². The van der Waals surface area contributed by atoms with Crippen LogP contribution in [0.4, 0.5) is 14.5 Å². The predicted octanol–water partition coefficient (Wildman–Crippen LogP) is 7.99. The zero-order valence-electron chi connectivity index (χ0n) is 17.0. The van der Waals surface area contributed by atoms with Crippen LogP contribution in [0.15, 0.2) is 59.1 Å². The number of Topliss-reactive ketones (excluding diaryl/α,β-unsaturated/α-hetero) is 1. The van der Waals surface area contributed by atoms with Crippen molar-refractivity contribution in [3.63, 3.8) is 0 Å². The molecule has 1 aliphatic carbocycles. The minimum absolute atomic E-state index is 0.0286. The SMILES string of the molecule is O=C(Cc1ccc(F)cc1F)c1cc(NC(=O)[C@H]2[C@H](c3ccc(Cl)c(Br)c3)C2(Cl)Cl)ccc1Cl. The molecule has 3 aromatic rings. The van der Waals surface area contributed by atoms with Gasteiger partial charge < -0.3 is 5.32 Å². The second kappa shape index (κ2) is 9.75. The lowest BCUT2D eigenvalue weighted by molar-refractivity contribution is -0.117. The van der Waals surface area contributed by atoms with E-state index in [0.29, 0.717) is 21.2 Å². The fourth-order valence-corrected chi connectivity index (χ4v) is 5.31. The molecule has 1 amide bonds. The van der Waals surface area contributed by atoms with E-state index in [-0.39, 0.29) is 22.6 Å². The highest BCUT2D eigenvalue weighted by molar-refractivity contribution is 9.10. The second-order valence-corrected chi connectivity index (χ2v) is 10.9. The van der Waals surface area contributed by atoms with Crippen LogP contribution in [-0.2, 0) is 11.2 Å². The Hall–Kier alpha value is -1.70. The van der Waals surface area contributed by atoms with Crippen molar-refractivity contribution in [2.45, 2.75) is 16.7 Å². The van der Waals surface area contributed by atoms with Crippen molar-refractivity contribution in [1.29, 1.82) is 0 Å². The number of halogens is 7. The van der Waals surface area contributed by atoms with Gasteiger partial charge in [-0.15, -0.1) is 23.2 Å². The van der Waals surface area contributed by atoms with Crippen molar-refractivity contribution >= 4 is 79.7 Å². The Morgan fingerprint density at radius 1 is 0.971 bits per heavy atom. The van der Waals surface area contributed by atoms with Gasteiger partial charge in [-0.3, -0.25) is 9.59 Å². The topological polar surface area (TPSA) is 46.2 Å². The summed E-state index contributed by atoms with van der Waals surface area (Å²) in [6, 6.07) is 12.5. The minimum Gasteiger partial charge on any atom is -0.326 e. The number of ketones is 1. The molecule has 1 fully saturated rings. The Bertz CT molecular complexity index is 1320. The molecule has 0 saturated heterocycles. The van der Waals surface area contributed by atoms with Crippen molar-refractivity contribution in [3.05, 3.63) is 97.4 Å². The van der Waals surface area contributed by atoms with Crippen LogP contribution in [0.25, 0.3) is 0 Å². The molecule has 1 N–H and O–H groups in total. The second-order valence-electron chi connectivity index (χ2n) is 7.82. The normalized spacial score (nSPS) is 18.4. The molecule has 1 saturated carbocycles. The van der Waals surface area contributed by atoms with Gasteiger partial charge in [-0.25, -0.2) is 8.78 Å². The first kappa shape index (κ1) is 25.4. The molecule has 0 radical (unpaired) electrons. The largest absolute Gasteiger partial charge is 0.326 e. The molecule has 34 heavy (non-hydrogen) atoms. The van der Waals surface area contributed by atoms with E-state index in [1.165, 1.54) is 24.3 Å². The first-order chi connectivity index (χ1) is 16.0. The molecule has 0 aliphatic heterocycles. The van der Waals surface area contributed by atoms with Gasteiger partial charge in [-0.2, -0.15) is 0 Å². The quantitative estimate of drug-likeness (QED) is 0.228. The molecule has 3 nitrogen and oxygen atoms in total. The van der Waals surface area contributed by atoms with Crippen LogP contribution < -0.4 is 5.32 Å². The van der Waals surface area contributed by atoms with Crippen molar-refractivity contribution in [2.75, 3.05) is 5.32 Å². The van der Waals surface area contributed by atoms with E-state index in [0.717, 1.165) is 11.6 Å². The first-order valence-electron chi connectivity index (χ1n) is 9.89. The molecule has 176 valence electrons. The number of benzene rings is 3. The molecule has 10 heteroatoms. The van der Waals surface area contributed by atoms with E-state index in [1.807, 2.05) is 0 Å². The van der Waals surface area contributed by atoms with Crippen LogP contribution >= 0.6 is 62.3 Å². The highest BCUT2D eigenvalue weighted by atomic mass is 79.9. The summed E-state index contributed by atoms with van der Waals surface area (Å²) in [5, 5.41) is 3.35. The zero-order valence-corrected chi connectivity index (χ0v) is 21.6. The lowest BCUT2D eigenvalue weighted by atomic mass is 10.0. The molecule has 0 spiro atoms. The van der Waals surface area contributed by atoms with Crippen molar-refractivity contribution < 1.29 is 18.4 Å². The molecule has 0 bridgehead atoms. The van der Waals surface area contributed by atoms with E-state index in [4.69, 9.17) is 46.4 Å². The molecule has 0 unspecified atom stereocenters. The number of alkyl halides is 2. The fraction of sp³-hybridized carbons (Fsp3) is 0.167. The molecular formula is C24H14BrCl4F2NO2. The molecule has 4 rings (SSSR count). The fourth-order valence-electron chi connectivity index (χ4n) is 3.74. The predicted molar refractivity (Wildman–Crippen MR) is 134 cm³/mol. The number of carbonyl (C=O) groups is 2. The molecule has 0 aromatic heterocycles. The van der Waals surface area contributed by atoms with E-state index in [9.17, 15) is 18.4 Å². The standard InChI is InChI=1S/C24H14BrCl4F2NO2/c25-16-7-12(2-5-18(16)27)21-22(24(21,28)29)23(34)32-14-4-6-17(26)15(10-14)20(33)8-11-1-3-13(30)9-19(11)31/h1-7,9-10,21-22H,8H2,(H,32,34)/t21-,22+/m0/s1. The molecule has 3 aromatic carbocycles. The maximum atomic E-state index is 14.0. The van der Waals surface area contributed by atoms with Gasteiger partial charge in [0, 0.05) is 34.1 Å². The van der Waals surface area contributed by atoms with Gasteiger partial charge in [-0.05, 0) is 63.5 Å². The molecular weight excluding hydrogens is 594 g/mol. The van der Waals surface area contributed by atoms with Crippen LogP contribution in [0.3, 0.4) is 0 Å². The number of anilines is 1. The summed E-state index contributed by atoms with van der Waals surface area (Å²) in [7, 11) is 0. The summed E-state index contributed by atoms with van der Waals surface area (Å²) < 4.78 is 26.4. The van der Waals surface area contributed by atoms with Crippen molar-refractivity contribution in [3.8, 4) is 0 Å². The number of carbonyl (C=O) groups excluding carboxylic acids is 2. The monoisotopic (exact) mass is 605 g/mol. The van der Waals surface area contributed by atoms with E-state index in [1.54, 1.807) is 18.2 Å². The van der Waals surface area contributed by atoms with E-state index >= 15 is 0 Å². The van der Waals surface area contributed by atoms with Crippen LogP contribution in [0.2, 0.25) is 10.0 Å². The summed E-state index contributed by atoms with van der Waals surface area (Å²) in [4.78, 5) is 25.7. The van der Waals surface area contributed by atoms with Crippen LogP contribution in [0, 0.1) is 17.6 Å². The lowest BCUT2D eigenvalue weighted by Gasteiger charge is -2.10. The molecule has 2 atom stereocenters. The Labute approximate surface area is 222 Å². The lowest BCUT2D eigenvalue weighted by Crippen LogP contribution is -2.17. The maximum absolute atomic E-state index is 14.0. The average molecular weight is 608 g/mol. The third kappa shape index (κ3) is 5.12. The van der Waals surface area contributed by atoms with Crippen molar-refractivity contribution in [1.82, 2.24) is 0 Å².